The predicted octanol–water partition coefficient (Wildman–Crippen LogP) is 3.08. The Kier molecular flexibility index (Phi) is 2.45. The molecular formula is C8H10BrClO. The molecule has 1 aliphatic rings. The number of ketones is 1. The molecule has 0 saturated heterocycles. The number of halogens is 2. The van der Waals surface area contributed by atoms with Crippen LogP contribution >= 0.6 is 27.5 Å². The Labute approximate surface area is 79.9 Å². The highest BCUT2D eigenvalue weighted by Gasteiger charge is 2.45. The lowest BCUT2D eigenvalue weighted by atomic mass is 9.61. The highest BCUT2D eigenvalue weighted by Crippen LogP contribution is 2.44. The summed E-state index contributed by atoms with van der Waals surface area (Å²) in [4.78, 5) is 11.1. The Morgan fingerprint density at radius 3 is 2.64 bits per heavy atom. The van der Waals surface area contributed by atoms with Crippen LogP contribution in [0.25, 0.3) is 0 Å². The first-order chi connectivity index (χ1) is 4.94. The van der Waals surface area contributed by atoms with Gasteiger partial charge in [0.2, 0.25) is 0 Å². The number of carbonyl (C=O) groups is 1. The van der Waals surface area contributed by atoms with Gasteiger partial charge in [0.15, 0.2) is 0 Å². The second kappa shape index (κ2) is 2.91. The molecular weight excluding hydrogens is 227 g/mol. The number of Topliss-reactive ketones (excluding diaryl/α,β-unsaturated/α-hetero) is 1. The summed E-state index contributed by atoms with van der Waals surface area (Å²) in [5, 5.41) is 0. The molecule has 1 fully saturated rings. The molecule has 0 N–H and O–H groups in total. The molecule has 0 aliphatic heterocycles. The molecule has 0 spiro atoms. The largest absolute Gasteiger partial charge is 0.299 e. The van der Waals surface area contributed by atoms with Gasteiger partial charge in [-0.1, -0.05) is 31.5 Å². The van der Waals surface area contributed by atoms with E-state index >= 15 is 0 Å². The first-order valence-electron chi connectivity index (χ1n) is 3.50. The molecule has 3 heteroatoms. The zero-order valence-electron chi connectivity index (χ0n) is 6.53. The van der Waals surface area contributed by atoms with E-state index in [-0.39, 0.29) is 5.41 Å². The van der Waals surface area contributed by atoms with Crippen molar-refractivity contribution in [2.45, 2.75) is 20.3 Å². The third-order valence-electron chi connectivity index (χ3n) is 2.38. The molecule has 1 saturated carbocycles. The molecule has 62 valence electrons. The smallest absolute Gasteiger partial charge is 0.139 e. The van der Waals surface area contributed by atoms with Crippen LogP contribution in [0.1, 0.15) is 20.3 Å². The maximum Gasteiger partial charge on any atom is 0.139 e. The molecule has 1 nitrogen and oxygen atoms in total. The minimum atomic E-state index is -0.200. The maximum atomic E-state index is 11.1. The van der Waals surface area contributed by atoms with E-state index in [2.05, 4.69) is 15.9 Å². The molecule has 11 heavy (non-hydrogen) atoms. The molecule has 0 aromatic rings. The molecule has 1 rings (SSSR count). The zero-order valence-corrected chi connectivity index (χ0v) is 8.87. The van der Waals surface area contributed by atoms with E-state index in [4.69, 9.17) is 11.6 Å². The third kappa shape index (κ3) is 1.67. The Balaban J connectivity index is 2.68. The number of hydrogen-bond donors (Lipinski definition) is 0. The normalized spacial score (nSPS) is 30.0. The summed E-state index contributed by atoms with van der Waals surface area (Å²) in [6.07, 6.45) is 2.53. The second-order valence-corrected chi connectivity index (χ2v) is 5.13. The van der Waals surface area contributed by atoms with Gasteiger partial charge in [-0.05, 0) is 21.8 Å². The number of hydrogen-bond acceptors (Lipinski definition) is 1. The average molecular weight is 238 g/mol. The highest BCUT2D eigenvalue weighted by molar-refractivity contribution is 9.12. The first-order valence-corrected chi connectivity index (χ1v) is 4.68. The monoisotopic (exact) mass is 236 g/mol. The van der Waals surface area contributed by atoms with Gasteiger partial charge in [0, 0.05) is 11.8 Å². The van der Waals surface area contributed by atoms with Crippen molar-refractivity contribution >= 4 is 33.3 Å². The Hall–Kier alpha value is 0.180. The van der Waals surface area contributed by atoms with Crippen molar-refractivity contribution < 1.29 is 4.79 Å². The van der Waals surface area contributed by atoms with Gasteiger partial charge in [-0.3, -0.25) is 4.79 Å². The molecule has 0 bridgehead atoms. The van der Waals surface area contributed by atoms with E-state index in [0.717, 1.165) is 0 Å². The van der Waals surface area contributed by atoms with E-state index in [0.29, 0.717) is 22.1 Å². The molecule has 1 unspecified atom stereocenters. The maximum absolute atomic E-state index is 11.1. The fourth-order valence-corrected chi connectivity index (χ4v) is 1.68. The Morgan fingerprint density at radius 1 is 1.82 bits per heavy atom. The quantitative estimate of drug-likeness (QED) is 0.685. The summed E-state index contributed by atoms with van der Waals surface area (Å²) in [6, 6.07) is 0. The van der Waals surface area contributed by atoms with Crippen molar-refractivity contribution in [1.29, 1.82) is 0 Å². The van der Waals surface area contributed by atoms with Crippen molar-refractivity contribution in [3.8, 4) is 0 Å². The topological polar surface area (TPSA) is 17.1 Å². The van der Waals surface area contributed by atoms with E-state index in [1.54, 1.807) is 0 Å². The molecule has 0 heterocycles. The van der Waals surface area contributed by atoms with Gasteiger partial charge in [0.1, 0.15) is 5.78 Å². The van der Waals surface area contributed by atoms with Crippen LogP contribution in [0.3, 0.4) is 0 Å². The lowest BCUT2D eigenvalue weighted by Gasteiger charge is -2.40. The minimum absolute atomic E-state index is 0.200. The fourth-order valence-electron chi connectivity index (χ4n) is 1.21. The minimum Gasteiger partial charge on any atom is -0.299 e. The molecule has 0 amide bonds. The summed E-state index contributed by atoms with van der Waals surface area (Å²) in [5.41, 5.74) is -0.200. The van der Waals surface area contributed by atoms with Crippen LogP contribution in [0.4, 0.5) is 0 Å². The lowest BCUT2D eigenvalue weighted by molar-refractivity contribution is -0.139. The van der Waals surface area contributed by atoms with Crippen molar-refractivity contribution in [1.82, 2.24) is 0 Å². The Morgan fingerprint density at radius 2 is 2.36 bits per heavy atom. The zero-order chi connectivity index (χ0) is 8.65. The summed E-state index contributed by atoms with van der Waals surface area (Å²) >= 11 is 8.76. The van der Waals surface area contributed by atoms with Crippen LogP contribution in [0.5, 0.6) is 0 Å². The second-order valence-electron chi connectivity index (χ2n) is 3.41. The summed E-state index contributed by atoms with van der Waals surface area (Å²) in [7, 11) is 0. The average Bonchev–Trinajstić information content (AvgIpc) is 1.87. The summed E-state index contributed by atoms with van der Waals surface area (Å²) in [5.74, 6) is 0.631. The van der Waals surface area contributed by atoms with Crippen LogP contribution in [0.2, 0.25) is 0 Å². The molecule has 0 aromatic carbocycles. The first kappa shape index (κ1) is 9.27. The van der Waals surface area contributed by atoms with Gasteiger partial charge >= 0.3 is 0 Å². The van der Waals surface area contributed by atoms with Gasteiger partial charge in [-0.15, -0.1) is 0 Å². The predicted molar refractivity (Wildman–Crippen MR) is 49.8 cm³/mol. The van der Waals surface area contributed by atoms with Gasteiger partial charge in [0.05, 0.1) is 3.94 Å². The van der Waals surface area contributed by atoms with Crippen LogP contribution in [0, 0.1) is 11.3 Å². The fraction of sp³-hybridized carbons (Fsp3) is 0.625. The standard InChI is InChI=1S/C8H10BrClO/c1-8(2)5(3-6(8)11)4-7(9)10/h4-5H,3H2,1-2H3/b7-4+. The van der Waals surface area contributed by atoms with Crippen LogP contribution in [-0.2, 0) is 4.79 Å². The molecule has 0 radical (unpaired) electrons. The van der Waals surface area contributed by atoms with Crippen molar-refractivity contribution in [3.63, 3.8) is 0 Å². The molecule has 1 aliphatic carbocycles. The molecule has 0 aromatic heterocycles. The number of rotatable bonds is 1. The van der Waals surface area contributed by atoms with Gasteiger partial charge in [0.25, 0.3) is 0 Å². The van der Waals surface area contributed by atoms with Crippen molar-refractivity contribution in [2.24, 2.45) is 11.3 Å². The van der Waals surface area contributed by atoms with Crippen LogP contribution < -0.4 is 0 Å². The van der Waals surface area contributed by atoms with Gasteiger partial charge in [-0.2, -0.15) is 0 Å². The van der Waals surface area contributed by atoms with Crippen molar-refractivity contribution in [3.05, 3.63) is 10.0 Å². The van der Waals surface area contributed by atoms with E-state index in [1.165, 1.54) is 0 Å². The number of allylic oxidation sites excluding steroid dienone is 1. The van der Waals surface area contributed by atoms with Crippen molar-refractivity contribution in [2.75, 3.05) is 0 Å². The van der Waals surface area contributed by atoms with Crippen LogP contribution in [0.15, 0.2) is 10.0 Å². The Bertz CT molecular complexity index is 216. The summed E-state index contributed by atoms with van der Waals surface area (Å²) < 4.78 is 0.600. The molecule has 1 atom stereocenters. The van der Waals surface area contributed by atoms with Gasteiger partial charge < -0.3 is 0 Å². The van der Waals surface area contributed by atoms with E-state index < -0.39 is 0 Å². The van der Waals surface area contributed by atoms with Crippen LogP contribution in [-0.4, -0.2) is 5.78 Å². The van der Waals surface area contributed by atoms with E-state index in [1.807, 2.05) is 19.9 Å². The highest BCUT2D eigenvalue weighted by atomic mass is 79.9. The van der Waals surface area contributed by atoms with Gasteiger partial charge in [-0.25, -0.2) is 0 Å². The number of carbonyl (C=O) groups excluding carboxylic acids is 1. The van der Waals surface area contributed by atoms with E-state index in [9.17, 15) is 4.79 Å². The third-order valence-corrected chi connectivity index (χ3v) is 2.77. The SMILES string of the molecule is CC1(C)C(=O)CC1/C=C(/Cl)Br. The lowest BCUT2D eigenvalue weighted by Crippen LogP contribution is -2.44. The summed E-state index contributed by atoms with van der Waals surface area (Å²) in [6.45, 7) is 3.90.